The number of aliphatic hydroxyl groups excluding tert-OH is 1. The molecule has 0 radical (unpaired) electrons. The quantitative estimate of drug-likeness (QED) is 0.239. The van der Waals surface area contributed by atoms with E-state index in [0.29, 0.717) is 47.7 Å². The maximum Gasteiger partial charge on any atom is 0.241 e. The smallest absolute Gasteiger partial charge is 0.241 e. The Kier molecular flexibility index (Phi) is 9.12. The molecule has 37 heavy (non-hydrogen) atoms. The highest BCUT2D eigenvalue weighted by molar-refractivity contribution is 7.89. The molecular formula is C26H37N7O3S. The summed E-state index contributed by atoms with van der Waals surface area (Å²) in [7, 11) is -3.58. The van der Waals surface area contributed by atoms with E-state index in [1.54, 1.807) is 12.1 Å². The highest BCUT2D eigenvalue weighted by Gasteiger charge is 2.24. The minimum Gasteiger partial charge on any atom is -0.395 e. The van der Waals surface area contributed by atoms with Gasteiger partial charge in [-0.25, -0.2) is 13.1 Å². The number of aliphatic hydroxyl groups is 1. The third kappa shape index (κ3) is 7.50. The molecule has 0 saturated heterocycles. The zero-order valence-corrected chi connectivity index (χ0v) is 22.3. The Morgan fingerprint density at radius 2 is 1.49 bits per heavy atom. The number of sulfonamides is 1. The van der Waals surface area contributed by atoms with Crippen molar-refractivity contribution in [2.75, 3.05) is 42.2 Å². The van der Waals surface area contributed by atoms with E-state index in [2.05, 4.69) is 35.6 Å². The summed E-state index contributed by atoms with van der Waals surface area (Å²) in [5.74, 6) is 2.16. The lowest BCUT2D eigenvalue weighted by Gasteiger charge is -2.28. The van der Waals surface area contributed by atoms with Crippen molar-refractivity contribution in [3.63, 3.8) is 0 Å². The van der Waals surface area contributed by atoms with E-state index >= 15 is 0 Å². The van der Waals surface area contributed by atoms with Crippen molar-refractivity contribution < 1.29 is 13.5 Å². The maximum absolute atomic E-state index is 13.0. The van der Waals surface area contributed by atoms with E-state index in [-0.39, 0.29) is 12.6 Å². The fourth-order valence-electron chi connectivity index (χ4n) is 4.64. The maximum atomic E-state index is 13.0. The molecule has 10 nitrogen and oxygen atoms in total. The topological polar surface area (TPSA) is 141 Å². The highest BCUT2D eigenvalue weighted by atomic mass is 32.2. The van der Waals surface area contributed by atoms with Gasteiger partial charge in [-0.2, -0.15) is 15.0 Å². The summed E-state index contributed by atoms with van der Waals surface area (Å²) in [5.41, 5.74) is 0. The molecule has 1 heterocycles. The second-order valence-electron chi connectivity index (χ2n) is 9.85. The average molecular weight is 528 g/mol. The average Bonchev–Trinajstić information content (AvgIpc) is 2.89. The number of rotatable bonds is 12. The Morgan fingerprint density at radius 3 is 2.19 bits per heavy atom. The molecule has 1 fully saturated rings. The first kappa shape index (κ1) is 27.0. The van der Waals surface area contributed by atoms with E-state index in [0.717, 1.165) is 43.0 Å². The van der Waals surface area contributed by atoms with Crippen molar-refractivity contribution in [2.24, 2.45) is 11.8 Å². The number of hydrogen-bond donors (Lipinski definition) is 5. The number of benzene rings is 2. The summed E-state index contributed by atoms with van der Waals surface area (Å²) in [6.07, 6.45) is 3.94. The number of aromatic nitrogens is 3. The van der Waals surface area contributed by atoms with Crippen LogP contribution in [0.4, 0.5) is 17.8 Å². The van der Waals surface area contributed by atoms with Crippen LogP contribution in [0.3, 0.4) is 0 Å². The van der Waals surface area contributed by atoms with Gasteiger partial charge in [0, 0.05) is 31.1 Å². The van der Waals surface area contributed by atoms with Gasteiger partial charge in [0.15, 0.2) is 0 Å². The van der Waals surface area contributed by atoms with Crippen LogP contribution in [0.1, 0.15) is 39.5 Å². The van der Waals surface area contributed by atoms with Gasteiger partial charge in [-0.3, -0.25) is 0 Å². The molecule has 200 valence electrons. The molecule has 0 amide bonds. The van der Waals surface area contributed by atoms with Gasteiger partial charge in [-0.05, 0) is 62.8 Å². The Bertz CT molecular complexity index is 1270. The molecule has 0 spiro atoms. The number of hydrogen-bond acceptors (Lipinski definition) is 9. The van der Waals surface area contributed by atoms with Crippen LogP contribution in [0.2, 0.25) is 0 Å². The van der Waals surface area contributed by atoms with Gasteiger partial charge in [0.05, 0.1) is 11.5 Å². The number of anilines is 3. The summed E-state index contributed by atoms with van der Waals surface area (Å²) in [5, 5.41) is 20.3. The molecule has 0 bridgehead atoms. The molecule has 11 heteroatoms. The highest BCUT2D eigenvalue weighted by Crippen LogP contribution is 2.29. The van der Waals surface area contributed by atoms with Gasteiger partial charge in [-0.1, -0.05) is 36.4 Å². The molecule has 0 unspecified atom stereocenters. The molecule has 1 aliphatic carbocycles. The van der Waals surface area contributed by atoms with E-state index in [1.807, 2.05) is 44.2 Å². The van der Waals surface area contributed by atoms with Crippen molar-refractivity contribution >= 4 is 38.6 Å². The predicted molar refractivity (Wildman–Crippen MR) is 147 cm³/mol. The molecule has 0 aliphatic heterocycles. The van der Waals surface area contributed by atoms with E-state index in [1.165, 1.54) is 0 Å². The SMILES string of the molecule is CC(C)Nc1nc(NCCO)nc(NCC2CCC(CNS(=O)(=O)c3cccc4ccccc34)CC2)n1. The minimum absolute atomic E-state index is 0.0112. The molecular weight excluding hydrogens is 490 g/mol. The van der Waals surface area contributed by atoms with Crippen LogP contribution in [-0.2, 0) is 10.0 Å². The van der Waals surface area contributed by atoms with Crippen LogP contribution in [0.25, 0.3) is 10.8 Å². The Labute approximate surface area is 218 Å². The second-order valence-corrected chi connectivity index (χ2v) is 11.6. The van der Waals surface area contributed by atoms with Gasteiger partial charge in [0.25, 0.3) is 0 Å². The normalized spacial score (nSPS) is 18.2. The van der Waals surface area contributed by atoms with Gasteiger partial charge in [0.2, 0.25) is 27.9 Å². The van der Waals surface area contributed by atoms with Gasteiger partial charge < -0.3 is 21.1 Å². The zero-order chi connectivity index (χ0) is 26.3. The van der Waals surface area contributed by atoms with Crippen LogP contribution < -0.4 is 20.7 Å². The van der Waals surface area contributed by atoms with Gasteiger partial charge >= 0.3 is 0 Å². The van der Waals surface area contributed by atoms with Crippen LogP contribution in [0.15, 0.2) is 47.4 Å². The summed E-state index contributed by atoms with van der Waals surface area (Å²) < 4.78 is 28.9. The van der Waals surface area contributed by atoms with E-state index in [9.17, 15) is 8.42 Å². The van der Waals surface area contributed by atoms with Crippen molar-refractivity contribution in [1.82, 2.24) is 19.7 Å². The van der Waals surface area contributed by atoms with Gasteiger partial charge in [0.1, 0.15) is 0 Å². The predicted octanol–water partition coefficient (Wildman–Crippen LogP) is 3.45. The molecule has 2 aromatic carbocycles. The molecule has 0 atom stereocenters. The summed E-state index contributed by atoms with van der Waals surface area (Å²) in [4.78, 5) is 13.6. The Morgan fingerprint density at radius 1 is 0.865 bits per heavy atom. The number of nitrogens with zero attached hydrogens (tertiary/aromatic N) is 3. The third-order valence-corrected chi connectivity index (χ3v) is 8.05. The zero-order valence-electron chi connectivity index (χ0n) is 21.4. The first-order chi connectivity index (χ1) is 17.8. The Hall–Kier alpha value is -3.02. The monoisotopic (exact) mass is 527 g/mol. The third-order valence-electron chi connectivity index (χ3n) is 6.56. The van der Waals surface area contributed by atoms with E-state index in [4.69, 9.17) is 5.11 Å². The number of fused-ring (bicyclic) bond motifs is 1. The van der Waals surface area contributed by atoms with Crippen LogP contribution in [-0.4, -0.2) is 60.8 Å². The lowest BCUT2D eigenvalue weighted by atomic mass is 9.82. The summed E-state index contributed by atoms with van der Waals surface area (Å²) >= 11 is 0. The standard InChI is InChI=1S/C26H37N7O3S/c1-18(2)30-26-32-24(27-14-15-34)31-25(33-26)28-16-19-10-12-20(13-11-19)17-29-37(35,36)23-9-5-7-21-6-3-4-8-22(21)23/h3-9,18-20,29,34H,10-17H2,1-2H3,(H3,27,28,30,31,32,33). The van der Waals surface area contributed by atoms with Crippen molar-refractivity contribution in [3.8, 4) is 0 Å². The minimum atomic E-state index is -3.58. The summed E-state index contributed by atoms with van der Waals surface area (Å²) in [6, 6.07) is 13.1. The first-order valence-electron chi connectivity index (χ1n) is 12.9. The second kappa shape index (κ2) is 12.5. The fraction of sp³-hybridized carbons (Fsp3) is 0.500. The van der Waals surface area contributed by atoms with Crippen LogP contribution >= 0.6 is 0 Å². The van der Waals surface area contributed by atoms with Crippen molar-refractivity contribution in [3.05, 3.63) is 42.5 Å². The lowest BCUT2D eigenvalue weighted by Crippen LogP contribution is -2.32. The largest absolute Gasteiger partial charge is 0.395 e. The summed E-state index contributed by atoms with van der Waals surface area (Å²) in [6.45, 7) is 5.56. The van der Waals surface area contributed by atoms with Crippen LogP contribution in [0.5, 0.6) is 0 Å². The van der Waals surface area contributed by atoms with E-state index < -0.39 is 10.0 Å². The Balaban J connectivity index is 1.28. The molecule has 3 aromatic rings. The molecule has 1 aliphatic rings. The van der Waals surface area contributed by atoms with Crippen molar-refractivity contribution in [1.29, 1.82) is 0 Å². The number of nitrogens with one attached hydrogen (secondary N) is 4. The molecule has 4 rings (SSSR count). The van der Waals surface area contributed by atoms with Crippen molar-refractivity contribution in [2.45, 2.75) is 50.5 Å². The lowest BCUT2D eigenvalue weighted by molar-refractivity contribution is 0.284. The molecule has 1 saturated carbocycles. The molecule has 1 aromatic heterocycles. The first-order valence-corrected chi connectivity index (χ1v) is 14.4. The molecule has 5 N–H and O–H groups in total. The van der Waals surface area contributed by atoms with Crippen LogP contribution in [0, 0.1) is 11.8 Å². The van der Waals surface area contributed by atoms with Gasteiger partial charge in [-0.15, -0.1) is 0 Å². The fourth-order valence-corrected chi connectivity index (χ4v) is 5.98.